The molecule has 7 nitrogen and oxygen atoms in total. The Labute approximate surface area is 188 Å². The molecule has 1 saturated heterocycles. The highest BCUT2D eigenvalue weighted by atomic mass is 16.7. The monoisotopic (exact) mass is 445 g/mol. The molecular formula is C24H44O7. The molecular weight excluding hydrogens is 400 g/mol. The molecule has 0 saturated carbocycles. The summed E-state index contributed by atoms with van der Waals surface area (Å²) in [5.74, 6) is -0.550. The third kappa shape index (κ3) is 12.0. The van der Waals surface area contributed by atoms with Gasteiger partial charge in [0.05, 0.1) is 6.61 Å². The van der Waals surface area contributed by atoms with E-state index >= 15 is 0 Å². The molecule has 1 heterocycles. The lowest BCUT2D eigenvalue weighted by molar-refractivity contribution is -0.290. The van der Waals surface area contributed by atoms with Gasteiger partial charge in [0.15, 0.2) is 12.4 Å². The van der Waals surface area contributed by atoms with Crippen LogP contribution >= 0.6 is 0 Å². The fraction of sp³-hybridized carbons (Fsp3) is 0.875. The van der Waals surface area contributed by atoms with E-state index in [4.69, 9.17) is 16.0 Å². The van der Waals surface area contributed by atoms with E-state index in [9.17, 15) is 20.1 Å². The van der Waals surface area contributed by atoms with Crippen molar-refractivity contribution in [1.82, 2.24) is 0 Å². The number of ether oxygens (including phenoxy) is 2. The highest BCUT2D eigenvalue weighted by molar-refractivity contribution is 5.69. The predicted molar refractivity (Wildman–Crippen MR) is 119 cm³/mol. The minimum Gasteiger partial charge on any atom is -0.454 e. The van der Waals surface area contributed by atoms with Gasteiger partial charge in [-0.3, -0.25) is 4.79 Å². The topological polar surface area (TPSA) is 116 Å². The fourth-order valence-electron chi connectivity index (χ4n) is 3.68. The maximum atomic E-state index is 12.0. The van der Waals surface area contributed by atoms with Crippen molar-refractivity contribution in [2.45, 2.75) is 127 Å². The zero-order valence-corrected chi connectivity index (χ0v) is 18.9. The Morgan fingerprint density at radius 2 is 1.48 bits per heavy atom. The summed E-state index contributed by atoms with van der Waals surface area (Å²) >= 11 is 0. The first-order chi connectivity index (χ1) is 15.5. The van der Waals surface area contributed by atoms with E-state index in [0.717, 1.165) is 44.9 Å². The van der Waals surface area contributed by atoms with Crippen LogP contribution < -0.4 is 0 Å². The SMILES string of the molecule is [2H]CCCCCCCCC=CCCCCCCCC(=O)O[C@H]1C(O)O[C@H](CO)[C@@H](O)[C@@H]1O. The Morgan fingerprint density at radius 3 is 2.10 bits per heavy atom. The quantitative estimate of drug-likeness (QED) is 0.154. The van der Waals surface area contributed by atoms with Crippen LogP contribution in [0, 0.1) is 0 Å². The van der Waals surface area contributed by atoms with Gasteiger partial charge in [0.1, 0.15) is 18.3 Å². The van der Waals surface area contributed by atoms with Crippen molar-refractivity contribution in [2.24, 2.45) is 0 Å². The first-order valence-electron chi connectivity index (χ1n) is 12.7. The van der Waals surface area contributed by atoms with Crippen molar-refractivity contribution in [3.8, 4) is 0 Å². The molecule has 0 aromatic carbocycles. The Balaban J connectivity index is 1.97. The number of hydrogen-bond donors (Lipinski definition) is 4. The van der Waals surface area contributed by atoms with Gasteiger partial charge < -0.3 is 29.9 Å². The third-order valence-corrected chi connectivity index (χ3v) is 5.65. The van der Waals surface area contributed by atoms with E-state index in [-0.39, 0.29) is 6.42 Å². The normalized spacial score (nSPS) is 26.8. The maximum absolute atomic E-state index is 12.0. The number of carbonyl (C=O) groups is 1. The molecule has 7 heteroatoms. The molecule has 0 spiro atoms. The summed E-state index contributed by atoms with van der Waals surface area (Å²) in [4.78, 5) is 12.0. The van der Waals surface area contributed by atoms with Crippen molar-refractivity contribution >= 4 is 5.97 Å². The van der Waals surface area contributed by atoms with Crippen molar-refractivity contribution in [3.05, 3.63) is 12.2 Å². The van der Waals surface area contributed by atoms with E-state index in [1.807, 2.05) is 0 Å². The molecule has 0 aromatic rings. The summed E-state index contributed by atoms with van der Waals surface area (Å²) < 4.78 is 17.2. The molecule has 0 aromatic heterocycles. The molecule has 0 aliphatic carbocycles. The van der Waals surface area contributed by atoms with Crippen molar-refractivity contribution in [2.75, 3.05) is 6.61 Å². The van der Waals surface area contributed by atoms with Gasteiger partial charge in [-0.2, -0.15) is 0 Å². The first kappa shape index (κ1) is 26.3. The zero-order valence-electron chi connectivity index (χ0n) is 19.9. The molecule has 182 valence electrons. The molecule has 1 rings (SSSR count). The molecule has 1 fully saturated rings. The van der Waals surface area contributed by atoms with Crippen LogP contribution in [0.25, 0.3) is 0 Å². The number of aliphatic hydroxyl groups excluding tert-OH is 4. The number of carbonyl (C=O) groups excluding carboxylic acids is 1. The number of aliphatic hydroxyl groups is 4. The number of esters is 1. The maximum Gasteiger partial charge on any atom is 0.306 e. The average molecular weight is 446 g/mol. The van der Waals surface area contributed by atoms with Crippen molar-refractivity contribution in [3.63, 3.8) is 0 Å². The molecule has 0 bridgehead atoms. The summed E-state index contributed by atoms with van der Waals surface area (Å²) in [5, 5.41) is 38.7. The van der Waals surface area contributed by atoms with Gasteiger partial charge in [0, 0.05) is 7.79 Å². The van der Waals surface area contributed by atoms with Gasteiger partial charge in [0.2, 0.25) is 0 Å². The Kier molecular flexibility index (Phi) is 14.9. The van der Waals surface area contributed by atoms with Crippen LogP contribution in [0.3, 0.4) is 0 Å². The van der Waals surface area contributed by atoms with Crippen molar-refractivity contribution in [1.29, 1.82) is 0 Å². The van der Waals surface area contributed by atoms with Crippen molar-refractivity contribution < 1.29 is 36.1 Å². The second kappa shape index (κ2) is 17.6. The van der Waals surface area contributed by atoms with Crippen LogP contribution in [0.5, 0.6) is 0 Å². The zero-order chi connectivity index (χ0) is 23.6. The minimum atomic E-state index is -1.58. The Bertz CT molecular complexity index is 503. The molecule has 0 amide bonds. The number of allylic oxidation sites excluding steroid dienone is 2. The van der Waals surface area contributed by atoms with Crippen LogP contribution in [0.2, 0.25) is 0 Å². The number of hydrogen-bond acceptors (Lipinski definition) is 7. The van der Waals surface area contributed by atoms with Crippen LogP contribution in [0.4, 0.5) is 0 Å². The first-order valence-corrected chi connectivity index (χ1v) is 12.0. The molecule has 1 unspecified atom stereocenters. The van der Waals surface area contributed by atoms with Crippen LogP contribution in [-0.4, -0.2) is 63.7 Å². The Hall–Kier alpha value is -0.990. The van der Waals surface area contributed by atoms with Gasteiger partial charge in [-0.15, -0.1) is 0 Å². The summed E-state index contributed by atoms with van der Waals surface area (Å²) in [6.45, 7) is 0.000478. The van der Waals surface area contributed by atoms with E-state index < -0.39 is 43.3 Å². The standard InChI is InChI=1S/C24H44O7/c1-2-3-4-5-6-7-8-9-10-11-12-13-14-15-16-17-20(26)31-23-22(28)21(27)19(18-25)30-24(23)29/h9-10,19,21-25,27-29H,2-8,11-18H2,1H3/t19-,21-,22+,23-,24?/m1/s1/i1D. The third-order valence-electron chi connectivity index (χ3n) is 5.65. The van der Waals surface area contributed by atoms with E-state index in [2.05, 4.69) is 12.2 Å². The van der Waals surface area contributed by atoms with Crippen LogP contribution in [0.15, 0.2) is 12.2 Å². The lowest BCUT2D eigenvalue weighted by atomic mass is 9.99. The van der Waals surface area contributed by atoms with E-state index in [1.54, 1.807) is 0 Å². The van der Waals surface area contributed by atoms with E-state index in [0.29, 0.717) is 13.3 Å². The van der Waals surface area contributed by atoms with Gasteiger partial charge in [-0.1, -0.05) is 70.4 Å². The second-order valence-electron chi connectivity index (χ2n) is 8.37. The summed E-state index contributed by atoms with van der Waals surface area (Å²) in [6, 6.07) is 0. The second-order valence-corrected chi connectivity index (χ2v) is 8.37. The average Bonchev–Trinajstić information content (AvgIpc) is 2.78. The Morgan fingerprint density at radius 1 is 0.903 bits per heavy atom. The molecule has 31 heavy (non-hydrogen) atoms. The van der Waals surface area contributed by atoms with Crippen LogP contribution in [-0.2, 0) is 14.3 Å². The molecule has 5 atom stereocenters. The fourth-order valence-corrected chi connectivity index (χ4v) is 3.68. The number of unbranched alkanes of at least 4 members (excludes halogenated alkanes) is 11. The van der Waals surface area contributed by atoms with E-state index in [1.165, 1.54) is 32.1 Å². The molecule has 0 radical (unpaired) electrons. The smallest absolute Gasteiger partial charge is 0.306 e. The van der Waals surface area contributed by atoms with Gasteiger partial charge in [-0.05, 0) is 32.1 Å². The van der Waals surface area contributed by atoms with Crippen LogP contribution in [0.1, 0.15) is 98.2 Å². The molecule has 1 aliphatic heterocycles. The minimum absolute atomic E-state index is 0.179. The summed E-state index contributed by atoms with van der Waals surface area (Å²) in [6.07, 6.45) is 12.1. The van der Waals surface area contributed by atoms with Gasteiger partial charge in [-0.25, -0.2) is 0 Å². The molecule has 1 aliphatic rings. The van der Waals surface area contributed by atoms with Gasteiger partial charge in [0.25, 0.3) is 0 Å². The molecule has 4 N–H and O–H groups in total. The summed E-state index contributed by atoms with van der Waals surface area (Å²) in [5.41, 5.74) is 0. The largest absolute Gasteiger partial charge is 0.454 e. The highest BCUT2D eigenvalue weighted by Gasteiger charge is 2.45. The number of rotatable bonds is 17. The van der Waals surface area contributed by atoms with Gasteiger partial charge >= 0.3 is 5.97 Å². The lowest BCUT2D eigenvalue weighted by Crippen LogP contribution is -2.59. The lowest BCUT2D eigenvalue weighted by Gasteiger charge is -2.39. The predicted octanol–water partition coefficient (Wildman–Crippen LogP) is 3.37. The highest BCUT2D eigenvalue weighted by Crippen LogP contribution is 2.23. The summed E-state index contributed by atoms with van der Waals surface area (Å²) in [7, 11) is 0.